The molecule has 1 unspecified atom stereocenters. The lowest BCUT2D eigenvalue weighted by atomic mass is 10.1. The molecule has 0 bridgehead atoms. The molecule has 0 aliphatic rings. The number of hydrogen-bond acceptors (Lipinski definition) is 3. The van der Waals surface area contributed by atoms with Crippen LogP contribution in [0.1, 0.15) is 25.6 Å². The monoisotopic (exact) mass is 300 g/mol. The van der Waals surface area contributed by atoms with Crippen LogP contribution in [-0.2, 0) is 9.59 Å². The van der Waals surface area contributed by atoms with Crippen molar-refractivity contribution in [1.82, 2.24) is 9.88 Å². The van der Waals surface area contributed by atoms with E-state index in [1.54, 1.807) is 19.1 Å². The summed E-state index contributed by atoms with van der Waals surface area (Å²) < 4.78 is 0.760. The Kier molecular flexibility index (Phi) is 4.62. The van der Waals surface area contributed by atoms with Gasteiger partial charge >= 0.3 is 5.97 Å². The smallest absolute Gasteiger partial charge is 0.332 e. The van der Waals surface area contributed by atoms with Gasteiger partial charge in [-0.05, 0) is 35.0 Å². The van der Waals surface area contributed by atoms with Gasteiger partial charge in [-0.3, -0.25) is 9.78 Å². The van der Waals surface area contributed by atoms with Crippen LogP contribution in [0.2, 0.25) is 0 Å². The van der Waals surface area contributed by atoms with Crippen molar-refractivity contribution >= 4 is 27.8 Å². The Morgan fingerprint density at radius 1 is 1.53 bits per heavy atom. The normalized spacial score (nSPS) is 11.9. The molecule has 0 saturated carbocycles. The zero-order valence-corrected chi connectivity index (χ0v) is 11.1. The maximum Gasteiger partial charge on any atom is 0.332 e. The van der Waals surface area contributed by atoms with E-state index >= 15 is 0 Å². The van der Waals surface area contributed by atoms with E-state index in [2.05, 4.69) is 20.9 Å². The third-order valence-electron chi connectivity index (χ3n) is 2.32. The quantitative estimate of drug-likeness (QED) is 0.921. The fourth-order valence-corrected chi connectivity index (χ4v) is 1.79. The first-order valence-electron chi connectivity index (χ1n) is 5.08. The van der Waals surface area contributed by atoms with Crippen LogP contribution in [-0.4, -0.2) is 33.4 Å². The van der Waals surface area contributed by atoms with Crippen molar-refractivity contribution in [3.63, 3.8) is 0 Å². The highest BCUT2D eigenvalue weighted by Crippen LogP contribution is 2.20. The number of likely N-dealkylation sites (N-methyl/N-ethyl adjacent to an activating group) is 1. The van der Waals surface area contributed by atoms with Gasteiger partial charge in [-0.15, -0.1) is 0 Å². The Labute approximate surface area is 108 Å². The van der Waals surface area contributed by atoms with Crippen LogP contribution < -0.4 is 0 Å². The van der Waals surface area contributed by atoms with Crippen LogP contribution in [0, 0.1) is 0 Å². The summed E-state index contributed by atoms with van der Waals surface area (Å²) in [4.78, 5) is 27.9. The van der Waals surface area contributed by atoms with Crippen LogP contribution in [0.3, 0.4) is 0 Å². The lowest BCUT2D eigenvalue weighted by Gasteiger charge is -2.26. The number of hydrogen-bond donors (Lipinski definition) is 1. The zero-order valence-electron chi connectivity index (χ0n) is 9.55. The van der Waals surface area contributed by atoms with E-state index < -0.39 is 12.0 Å². The third kappa shape index (κ3) is 3.26. The predicted molar refractivity (Wildman–Crippen MR) is 65.4 cm³/mol. The standard InChI is InChI=1S/C11H13BrN2O3/c1-3-14(7(2)15)10(11(16)17)9-5-4-8(12)6-13-9/h4-6,10H,3H2,1-2H3,(H,16,17). The fraction of sp³-hybridized carbons (Fsp3) is 0.364. The van der Waals surface area contributed by atoms with Crippen LogP contribution in [0.25, 0.3) is 0 Å². The first-order valence-corrected chi connectivity index (χ1v) is 5.88. The van der Waals surface area contributed by atoms with E-state index in [4.69, 9.17) is 0 Å². The minimum atomic E-state index is -1.09. The number of pyridine rings is 1. The molecule has 0 fully saturated rings. The molecule has 1 atom stereocenters. The molecule has 0 aliphatic heterocycles. The number of halogens is 1. The number of carboxylic acids is 1. The lowest BCUT2D eigenvalue weighted by molar-refractivity contribution is -0.149. The van der Waals surface area contributed by atoms with Gasteiger partial charge in [0.25, 0.3) is 0 Å². The average Bonchev–Trinajstić information content (AvgIpc) is 2.26. The Hall–Kier alpha value is -1.43. The molecule has 6 heteroatoms. The molecule has 0 saturated heterocycles. The predicted octanol–water partition coefficient (Wildman–Crippen LogP) is 1.84. The number of aliphatic carboxylic acids is 1. The van der Waals surface area contributed by atoms with Gasteiger partial charge < -0.3 is 10.0 Å². The first kappa shape index (κ1) is 13.6. The van der Waals surface area contributed by atoms with Crippen LogP contribution >= 0.6 is 15.9 Å². The van der Waals surface area contributed by atoms with E-state index in [0.29, 0.717) is 12.2 Å². The second-order valence-corrected chi connectivity index (χ2v) is 4.36. The second kappa shape index (κ2) is 5.77. The number of carboxylic acid groups (broad SMARTS) is 1. The molecule has 0 aromatic carbocycles. The number of amides is 1. The molecule has 0 aliphatic carbocycles. The van der Waals surface area contributed by atoms with E-state index in [9.17, 15) is 14.7 Å². The van der Waals surface area contributed by atoms with Crippen LogP contribution in [0.4, 0.5) is 0 Å². The average molecular weight is 301 g/mol. The minimum absolute atomic E-state index is 0.287. The summed E-state index contributed by atoms with van der Waals surface area (Å²) in [7, 11) is 0. The number of rotatable bonds is 4. The summed E-state index contributed by atoms with van der Waals surface area (Å²) in [5.74, 6) is -1.37. The number of carbonyl (C=O) groups is 2. The molecule has 1 rings (SSSR count). The fourth-order valence-electron chi connectivity index (χ4n) is 1.56. The van der Waals surface area contributed by atoms with Gasteiger partial charge in [-0.1, -0.05) is 0 Å². The molecule has 1 amide bonds. The maximum atomic E-state index is 11.4. The van der Waals surface area contributed by atoms with E-state index in [0.717, 1.165) is 4.47 Å². The molecule has 17 heavy (non-hydrogen) atoms. The molecular formula is C11H13BrN2O3. The molecular weight excluding hydrogens is 288 g/mol. The SMILES string of the molecule is CCN(C(C)=O)C(C(=O)O)c1ccc(Br)cn1. The summed E-state index contributed by atoms with van der Waals surface area (Å²) in [5, 5.41) is 9.20. The minimum Gasteiger partial charge on any atom is -0.479 e. The van der Waals surface area contributed by atoms with Gasteiger partial charge in [0.2, 0.25) is 5.91 Å². The van der Waals surface area contributed by atoms with Crippen LogP contribution in [0.5, 0.6) is 0 Å². The third-order valence-corrected chi connectivity index (χ3v) is 2.79. The molecule has 0 spiro atoms. The highest BCUT2D eigenvalue weighted by molar-refractivity contribution is 9.10. The van der Waals surface area contributed by atoms with Crippen molar-refractivity contribution in [2.24, 2.45) is 0 Å². The van der Waals surface area contributed by atoms with Crippen molar-refractivity contribution < 1.29 is 14.7 Å². The molecule has 5 nitrogen and oxygen atoms in total. The highest BCUT2D eigenvalue weighted by atomic mass is 79.9. The number of carbonyl (C=O) groups excluding carboxylic acids is 1. The first-order chi connectivity index (χ1) is 7.97. The largest absolute Gasteiger partial charge is 0.479 e. The van der Waals surface area contributed by atoms with Crippen molar-refractivity contribution in [3.8, 4) is 0 Å². The summed E-state index contributed by atoms with van der Waals surface area (Å²) in [6, 6.07) is 2.26. The summed E-state index contributed by atoms with van der Waals surface area (Å²) >= 11 is 3.22. The summed E-state index contributed by atoms with van der Waals surface area (Å²) in [6.07, 6.45) is 1.51. The number of aromatic nitrogens is 1. The molecule has 1 aromatic rings. The van der Waals surface area contributed by atoms with Crippen molar-refractivity contribution in [2.75, 3.05) is 6.54 Å². The molecule has 1 N–H and O–H groups in total. The topological polar surface area (TPSA) is 70.5 Å². The van der Waals surface area contributed by atoms with Gasteiger partial charge in [0.1, 0.15) is 0 Å². The van der Waals surface area contributed by atoms with Gasteiger partial charge in [-0.2, -0.15) is 0 Å². The van der Waals surface area contributed by atoms with Crippen molar-refractivity contribution in [2.45, 2.75) is 19.9 Å². The van der Waals surface area contributed by atoms with Gasteiger partial charge in [0.05, 0.1) is 5.69 Å². The molecule has 0 radical (unpaired) electrons. The van der Waals surface area contributed by atoms with Crippen molar-refractivity contribution in [3.05, 3.63) is 28.5 Å². The Morgan fingerprint density at radius 2 is 2.18 bits per heavy atom. The van der Waals surface area contributed by atoms with Gasteiger partial charge in [-0.25, -0.2) is 4.79 Å². The molecule has 92 valence electrons. The van der Waals surface area contributed by atoms with E-state index in [-0.39, 0.29) is 5.91 Å². The van der Waals surface area contributed by atoms with Crippen LogP contribution in [0.15, 0.2) is 22.8 Å². The van der Waals surface area contributed by atoms with Crippen molar-refractivity contribution in [1.29, 1.82) is 0 Å². The molecule has 1 aromatic heterocycles. The summed E-state index contributed by atoms with van der Waals surface area (Å²) in [5.41, 5.74) is 0.345. The highest BCUT2D eigenvalue weighted by Gasteiger charge is 2.29. The maximum absolute atomic E-state index is 11.4. The van der Waals surface area contributed by atoms with E-state index in [1.807, 2.05) is 0 Å². The Balaban J connectivity index is 3.12. The molecule has 1 heterocycles. The Morgan fingerprint density at radius 3 is 2.53 bits per heavy atom. The van der Waals surface area contributed by atoms with Gasteiger partial charge in [0, 0.05) is 24.1 Å². The zero-order chi connectivity index (χ0) is 13.0. The number of nitrogens with zero attached hydrogens (tertiary/aromatic N) is 2. The van der Waals surface area contributed by atoms with E-state index in [1.165, 1.54) is 18.0 Å². The lowest BCUT2D eigenvalue weighted by Crippen LogP contribution is -2.37. The van der Waals surface area contributed by atoms with Gasteiger partial charge in [0.15, 0.2) is 6.04 Å². The Bertz CT molecular complexity index is 419. The summed E-state index contributed by atoms with van der Waals surface area (Å²) in [6.45, 7) is 3.40. The second-order valence-electron chi connectivity index (χ2n) is 3.45.